The highest BCUT2D eigenvalue weighted by atomic mass is 35.5. The van der Waals surface area contributed by atoms with Crippen LogP contribution in [0, 0.1) is 6.92 Å². The van der Waals surface area contributed by atoms with Gasteiger partial charge in [0.1, 0.15) is 0 Å². The molecule has 0 fully saturated rings. The zero-order valence-electron chi connectivity index (χ0n) is 14.5. The first-order valence-electron chi connectivity index (χ1n) is 8.34. The molecule has 2 amide bonds. The second kappa shape index (κ2) is 7.58. The van der Waals surface area contributed by atoms with Gasteiger partial charge in [0.15, 0.2) is 5.69 Å². The molecule has 2 N–H and O–H groups in total. The van der Waals surface area contributed by atoms with E-state index < -0.39 is 5.91 Å². The van der Waals surface area contributed by atoms with Gasteiger partial charge in [-0.1, -0.05) is 24.6 Å². The molecule has 134 valence electrons. The molecule has 1 aromatic carbocycles. The Morgan fingerprint density at radius 3 is 2.73 bits per heavy atom. The van der Waals surface area contributed by atoms with Crippen LogP contribution >= 0.6 is 11.6 Å². The number of amides is 2. The molecule has 0 atom stereocenters. The minimum absolute atomic E-state index is 0.150. The molecule has 2 aromatic heterocycles. The normalized spacial score (nSPS) is 10.7. The van der Waals surface area contributed by atoms with E-state index in [-0.39, 0.29) is 17.4 Å². The van der Waals surface area contributed by atoms with Crippen LogP contribution in [0.3, 0.4) is 0 Å². The van der Waals surface area contributed by atoms with Gasteiger partial charge >= 0.3 is 0 Å². The fraction of sp³-hybridized carbons (Fsp3) is 0.211. The summed E-state index contributed by atoms with van der Waals surface area (Å²) in [5.74, 6) is -0.542. The number of benzene rings is 1. The van der Waals surface area contributed by atoms with Gasteiger partial charge in [-0.25, -0.2) is 4.98 Å². The Kier molecular flexibility index (Phi) is 5.23. The molecule has 6 nitrogen and oxygen atoms in total. The lowest BCUT2D eigenvalue weighted by molar-refractivity contribution is 0.0951. The number of carbonyl (C=O) groups is 2. The molecular formula is C19H19ClN4O2. The van der Waals surface area contributed by atoms with Gasteiger partial charge in [-0.15, -0.1) is 0 Å². The van der Waals surface area contributed by atoms with Crippen molar-refractivity contribution in [2.45, 2.75) is 20.3 Å². The number of hydrogen-bond acceptors (Lipinski definition) is 3. The number of nitrogens with zero attached hydrogens (tertiary/aromatic N) is 2. The van der Waals surface area contributed by atoms with Crippen LogP contribution in [0.1, 0.15) is 40.0 Å². The summed E-state index contributed by atoms with van der Waals surface area (Å²) in [6.07, 6.45) is 2.53. The summed E-state index contributed by atoms with van der Waals surface area (Å²) in [6.45, 7) is 4.38. The first-order valence-corrected chi connectivity index (χ1v) is 8.72. The van der Waals surface area contributed by atoms with E-state index in [1.165, 1.54) is 0 Å². The third-order valence-electron chi connectivity index (χ3n) is 3.94. The molecule has 0 aliphatic carbocycles. The largest absolute Gasteiger partial charge is 0.351 e. The van der Waals surface area contributed by atoms with Gasteiger partial charge in [0.05, 0.1) is 5.52 Å². The molecule has 7 heteroatoms. The predicted molar refractivity (Wildman–Crippen MR) is 102 cm³/mol. The van der Waals surface area contributed by atoms with E-state index in [0.29, 0.717) is 22.8 Å². The second-order valence-corrected chi connectivity index (χ2v) is 6.35. The minimum atomic E-state index is -0.397. The summed E-state index contributed by atoms with van der Waals surface area (Å²) in [5.41, 5.74) is 2.30. The van der Waals surface area contributed by atoms with Crippen molar-refractivity contribution in [3.63, 3.8) is 0 Å². The van der Waals surface area contributed by atoms with Crippen molar-refractivity contribution in [2.24, 2.45) is 0 Å². The SMILES string of the molecule is CCCNC(=O)c1nc(C(=O)Nc2ccc(Cl)cc2C)n2ccccc12. The van der Waals surface area contributed by atoms with Crippen LogP contribution in [0.4, 0.5) is 5.69 Å². The maximum Gasteiger partial charge on any atom is 0.292 e. The van der Waals surface area contributed by atoms with Crippen LogP contribution in [0.25, 0.3) is 5.52 Å². The zero-order chi connectivity index (χ0) is 18.7. The van der Waals surface area contributed by atoms with Crippen molar-refractivity contribution in [1.29, 1.82) is 0 Å². The lowest BCUT2D eigenvalue weighted by Gasteiger charge is -2.08. The molecule has 2 heterocycles. The Balaban J connectivity index is 1.96. The van der Waals surface area contributed by atoms with Gasteiger partial charge in [-0.3, -0.25) is 14.0 Å². The summed E-state index contributed by atoms with van der Waals surface area (Å²) >= 11 is 5.95. The average Bonchev–Trinajstić information content (AvgIpc) is 3.02. The number of hydrogen-bond donors (Lipinski definition) is 2. The van der Waals surface area contributed by atoms with E-state index in [0.717, 1.165) is 12.0 Å². The second-order valence-electron chi connectivity index (χ2n) is 5.91. The fourth-order valence-corrected chi connectivity index (χ4v) is 2.86. The average molecular weight is 371 g/mol. The van der Waals surface area contributed by atoms with Crippen molar-refractivity contribution in [3.8, 4) is 0 Å². The number of imidazole rings is 1. The number of carbonyl (C=O) groups excluding carboxylic acids is 2. The Morgan fingerprint density at radius 1 is 1.19 bits per heavy atom. The number of nitrogens with one attached hydrogen (secondary N) is 2. The van der Waals surface area contributed by atoms with Gasteiger partial charge in [-0.2, -0.15) is 0 Å². The van der Waals surface area contributed by atoms with Crippen molar-refractivity contribution >= 4 is 34.6 Å². The molecule has 0 aliphatic heterocycles. The molecule has 0 unspecified atom stereocenters. The molecule has 0 saturated carbocycles. The summed E-state index contributed by atoms with van der Waals surface area (Å²) in [6, 6.07) is 10.6. The van der Waals surface area contributed by atoms with Gasteiger partial charge < -0.3 is 10.6 Å². The number of fused-ring (bicyclic) bond motifs is 1. The molecular weight excluding hydrogens is 352 g/mol. The van der Waals surface area contributed by atoms with Crippen LogP contribution in [0.5, 0.6) is 0 Å². The lowest BCUT2D eigenvalue weighted by Crippen LogP contribution is -2.24. The Morgan fingerprint density at radius 2 is 2.00 bits per heavy atom. The van der Waals surface area contributed by atoms with Gasteiger partial charge in [0, 0.05) is 23.5 Å². The molecule has 0 bridgehead atoms. The van der Waals surface area contributed by atoms with Crippen LogP contribution in [0.15, 0.2) is 42.6 Å². The van der Waals surface area contributed by atoms with E-state index in [9.17, 15) is 9.59 Å². The molecule has 3 aromatic rings. The molecule has 0 radical (unpaired) electrons. The molecule has 0 spiro atoms. The third-order valence-corrected chi connectivity index (χ3v) is 4.17. The number of aryl methyl sites for hydroxylation is 1. The molecule has 0 aliphatic rings. The molecule has 0 saturated heterocycles. The van der Waals surface area contributed by atoms with E-state index >= 15 is 0 Å². The van der Waals surface area contributed by atoms with Gasteiger partial charge in [0.2, 0.25) is 5.82 Å². The highest BCUT2D eigenvalue weighted by Gasteiger charge is 2.21. The van der Waals surface area contributed by atoms with E-state index in [1.807, 2.05) is 13.8 Å². The minimum Gasteiger partial charge on any atom is -0.351 e. The highest BCUT2D eigenvalue weighted by Crippen LogP contribution is 2.21. The van der Waals surface area contributed by atoms with Crippen molar-refractivity contribution in [2.75, 3.05) is 11.9 Å². The maximum absolute atomic E-state index is 12.8. The maximum atomic E-state index is 12.8. The smallest absolute Gasteiger partial charge is 0.292 e. The molecule has 3 rings (SSSR count). The number of pyridine rings is 1. The first kappa shape index (κ1) is 17.9. The van der Waals surface area contributed by atoms with E-state index in [1.54, 1.807) is 47.0 Å². The topological polar surface area (TPSA) is 75.5 Å². The standard InChI is InChI=1S/C19H19ClN4O2/c1-3-9-21-18(25)16-15-6-4-5-10-24(15)17(23-16)19(26)22-14-8-7-13(20)11-12(14)2/h4-8,10-11H,3,9H2,1-2H3,(H,21,25)(H,22,26). The monoisotopic (exact) mass is 370 g/mol. The first-order chi connectivity index (χ1) is 12.5. The highest BCUT2D eigenvalue weighted by molar-refractivity contribution is 6.30. The van der Waals surface area contributed by atoms with E-state index in [4.69, 9.17) is 11.6 Å². The Bertz CT molecular complexity index is 981. The fourth-order valence-electron chi connectivity index (χ4n) is 2.63. The van der Waals surface area contributed by atoms with Gasteiger partial charge in [0.25, 0.3) is 11.8 Å². The summed E-state index contributed by atoms with van der Waals surface area (Å²) in [5, 5.41) is 6.22. The quantitative estimate of drug-likeness (QED) is 0.719. The Hall–Kier alpha value is -2.86. The predicted octanol–water partition coefficient (Wildman–Crippen LogP) is 3.69. The lowest BCUT2D eigenvalue weighted by atomic mass is 10.2. The van der Waals surface area contributed by atoms with Gasteiger partial charge in [-0.05, 0) is 49.2 Å². The van der Waals surface area contributed by atoms with Crippen LogP contribution in [-0.4, -0.2) is 27.7 Å². The van der Waals surface area contributed by atoms with Crippen LogP contribution in [-0.2, 0) is 0 Å². The van der Waals surface area contributed by atoms with Crippen molar-refractivity contribution in [3.05, 3.63) is 64.7 Å². The number of anilines is 1. The molecule has 26 heavy (non-hydrogen) atoms. The Labute approximate surface area is 156 Å². The zero-order valence-corrected chi connectivity index (χ0v) is 15.3. The number of halogens is 1. The van der Waals surface area contributed by atoms with E-state index in [2.05, 4.69) is 15.6 Å². The van der Waals surface area contributed by atoms with Crippen LogP contribution in [0.2, 0.25) is 5.02 Å². The number of rotatable bonds is 5. The number of aromatic nitrogens is 2. The van der Waals surface area contributed by atoms with Crippen LogP contribution < -0.4 is 10.6 Å². The third kappa shape index (κ3) is 3.55. The van der Waals surface area contributed by atoms with Crippen molar-refractivity contribution < 1.29 is 9.59 Å². The summed E-state index contributed by atoms with van der Waals surface area (Å²) in [4.78, 5) is 29.4. The summed E-state index contributed by atoms with van der Waals surface area (Å²) in [7, 11) is 0. The van der Waals surface area contributed by atoms with Crippen molar-refractivity contribution in [1.82, 2.24) is 14.7 Å². The summed E-state index contributed by atoms with van der Waals surface area (Å²) < 4.78 is 1.61.